The number of anilines is 1. The summed E-state index contributed by atoms with van der Waals surface area (Å²) in [7, 11) is 0. The minimum Gasteiger partial charge on any atom is -0.368 e. The fraction of sp³-hybridized carbons (Fsp3) is 0.368. The minimum absolute atomic E-state index is 0.0114. The van der Waals surface area contributed by atoms with Crippen molar-refractivity contribution in [1.82, 2.24) is 4.90 Å². The van der Waals surface area contributed by atoms with Crippen molar-refractivity contribution < 1.29 is 9.59 Å². The molecular weight excluding hydrogens is 334 g/mol. The topological polar surface area (TPSA) is 66.6 Å². The number of aryl methyl sites for hydroxylation is 1. The average molecular weight is 355 g/mol. The highest BCUT2D eigenvalue weighted by atomic mass is 32.1. The molecule has 1 spiro atoms. The summed E-state index contributed by atoms with van der Waals surface area (Å²) >= 11 is 1.80. The Labute approximate surface area is 151 Å². The predicted octanol–water partition coefficient (Wildman–Crippen LogP) is 2.03. The predicted molar refractivity (Wildman–Crippen MR) is 98.6 cm³/mol. The van der Waals surface area contributed by atoms with Gasteiger partial charge in [-0.3, -0.25) is 14.5 Å². The van der Waals surface area contributed by atoms with Gasteiger partial charge < -0.3 is 10.6 Å². The Hall–Kier alpha value is -2.18. The monoisotopic (exact) mass is 355 g/mol. The molecule has 0 saturated carbocycles. The molecule has 0 bridgehead atoms. The Bertz CT molecular complexity index is 847. The van der Waals surface area contributed by atoms with Gasteiger partial charge in [-0.25, -0.2) is 0 Å². The third kappa shape index (κ3) is 2.65. The van der Waals surface area contributed by atoms with E-state index in [1.54, 1.807) is 16.2 Å². The maximum Gasteiger partial charge on any atom is 0.239 e. The number of fused-ring (bicyclic) bond motifs is 2. The van der Waals surface area contributed by atoms with Crippen LogP contribution in [0.1, 0.15) is 21.7 Å². The Balaban J connectivity index is 1.63. The lowest BCUT2D eigenvalue weighted by atomic mass is 9.81. The van der Waals surface area contributed by atoms with E-state index in [1.165, 1.54) is 9.75 Å². The lowest BCUT2D eigenvalue weighted by Gasteiger charge is -2.24. The molecular formula is C19H21N3O2S. The van der Waals surface area contributed by atoms with Gasteiger partial charge in [0, 0.05) is 28.5 Å². The van der Waals surface area contributed by atoms with Gasteiger partial charge >= 0.3 is 0 Å². The largest absolute Gasteiger partial charge is 0.368 e. The molecule has 3 heterocycles. The zero-order chi connectivity index (χ0) is 17.6. The fourth-order valence-electron chi connectivity index (χ4n) is 4.12. The number of rotatable bonds is 4. The maximum atomic E-state index is 13.2. The number of para-hydroxylation sites is 1. The molecule has 2 N–H and O–H groups in total. The van der Waals surface area contributed by atoms with Crippen LogP contribution in [-0.2, 0) is 21.5 Å². The number of likely N-dealkylation sites (tertiary alicyclic amines) is 1. The van der Waals surface area contributed by atoms with Crippen LogP contribution in [0, 0.1) is 6.92 Å². The molecule has 2 amide bonds. The molecule has 2 aliphatic heterocycles. The first-order chi connectivity index (χ1) is 12.0. The van der Waals surface area contributed by atoms with E-state index in [0.29, 0.717) is 6.54 Å². The fourth-order valence-corrected chi connectivity index (χ4v) is 5.05. The summed E-state index contributed by atoms with van der Waals surface area (Å²) in [6.07, 6.45) is 0.780. The van der Waals surface area contributed by atoms with E-state index >= 15 is 0 Å². The van der Waals surface area contributed by atoms with Crippen LogP contribution in [0.3, 0.4) is 0 Å². The summed E-state index contributed by atoms with van der Waals surface area (Å²) in [5, 5.41) is 0. The van der Waals surface area contributed by atoms with Gasteiger partial charge in [-0.2, -0.15) is 0 Å². The second-order valence-corrected chi connectivity index (χ2v) is 8.30. The second-order valence-electron chi connectivity index (χ2n) is 6.93. The van der Waals surface area contributed by atoms with Crippen molar-refractivity contribution in [3.63, 3.8) is 0 Å². The molecule has 2 aromatic rings. The average Bonchev–Trinajstić information content (AvgIpc) is 3.24. The molecule has 130 valence electrons. The van der Waals surface area contributed by atoms with Crippen molar-refractivity contribution in [1.29, 1.82) is 0 Å². The summed E-state index contributed by atoms with van der Waals surface area (Å²) in [6.45, 7) is 4.49. The molecule has 25 heavy (non-hydrogen) atoms. The van der Waals surface area contributed by atoms with Gasteiger partial charge in [-0.05, 0) is 43.7 Å². The number of carbonyl (C=O) groups excluding carboxylic acids is 2. The van der Waals surface area contributed by atoms with Crippen LogP contribution in [0.5, 0.6) is 0 Å². The number of amides is 2. The van der Waals surface area contributed by atoms with Gasteiger partial charge in [0.05, 0.1) is 5.41 Å². The molecule has 2 aliphatic rings. The first-order valence-electron chi connectivity index (χ1n) is 8.47. The molecule has 0 radical (unpaired) electrons. The Morgan fingerprint density at radius 2 is 2.08 bits per heavy atom. The number of hydrogen-bond donors (Lipinski definition) is 1. The Kier molecular flexibility index (Phi) is 3.89. The molecule has 0 unspecified atom stereocenters. The molecule has 1 saturated heterocycles. The molecule has 1 atom stereocenters. The number of thiophene rings is 1. The molecule has 6 heteroatoms. The number of hydrogen-bond acceptors (Lipinski definition) is 4. The maximum absolute atomic E-state index is 13.2. The van der Waals surface area contributed by atoms with Crippen molar-refractivity contribution in [2.24, 2.45) is 5.73 Å². The van der Waals surface area contributed by atoms with Crippen molar-refractivity contribution in [3.05, 3.63) is 51.7 Å². The lowest BCUT2D eigenvalue weighted by Crippen LogP contribution is -2.45. The number of benzene rings is 1. The molecule has 1 aromatic carbocycles. The van der Waals surface area contributed by atoms with Gasteiger partial charge in [0.15, 0.2) is 0 Å². The third-order valence-electron chi connectivity index (χ3n) is 5.20. The number of nitrogens with two attached hydrogens (primary N) is 1. The highest BCUT2D eigenvalue weighted by Gasteiger charge is 2.54. The molecule has 1 aromatic heterocycles. The summed E-state index contributed by atoms with van der Waals surface area (Å²) in [4.78, 5) is 31.2. The van der Waals surface area contributed by atoms with E-state index in [9.17, 15) is 9.59 Å². The Morgan fingerprint density at radius 3 is 2.80 bits per heavy atom. The highest BCUT2D eigenvalue weighted by molar-refractivity contribution is 7.11. The van der Waals surface area contributed by atoms with Crippen LogP contribution < -0.4 is 10.6 Å². The minimum atomic E-state index is -0.543. The van der Waals surface area contributed by atoms with E-state index in [0.717, 1.165) is 30.8 Å². The Morgan fingerprint density at radius 1 is 1.28 bits per heavy atom. The first-order valence-corrected chi connectivity index (χ1v) is 9.29. The normalized spacial score (nSPS) is 22.8. The standard InChI is InChI=1S/C19H21N3O2S/c1-13-6-7-14(25-13)10-21-9-8-19(12-21)15-4-2-3-5-16(15)22(18(19)24)11-17(20)23/h2-7H,8-12H2,1H3,(H2,20,23)/t19-/m1/s1. The summed E-state index contributed by atoms with van der Waals surface area (Å²) in [5.74, 6) is -0.471. The molecule has 4 rings (SSSR count). The van der Waals surface area contributed by atoms with Crippen LogP contribution in [0.4, 0.5) is 5.69 Å². The second kappa shape index (κ2) is 5.97. The van der Waals surface area contributed by atoms with Gasteiger partial charge in [0.25, 0.3) is 0 Å². The van der Waals surface area contributed by atoms with Gasteiger partial charge in [-0.15, -0.1) is 11.3 Å². The van der Waals surface area contributed by atoms with E-state index in [1.807, 2.05) is 24.3 Å². The van der Waals surface area contributed by atoms with Crippen molar-refractivity contribution in [2.45, 2.75) is 25.3 Å². The number of primary amides is 1. The van der Waals surface area contributed by atoms with Gasteiger partial charge in [0.1, 0.15) is 6.54 Å². The van der Waals surface area contributed by atoms with E-state index in [2.05, 4.69) is 24.0 Å². The number of carbonyl (C=O) groups is 2. The summed E-state index contributed by atoms with van der Waals surface area (Å²) < 4.78 is 0. The molecule has 0 aliphatic carbocycles. The van der Waals surface area contributed by atoms with E-state index in [4.69, 9.17) is 5.73 Å². The zero-order valence-electron chi connectivity index (χ0n) is 14.2. The van der Waals surface area contributed by atoms with E-state index in [-0.39, 0.29) is 12.5 Å². The van der Waals surface area contributed by atoms with Crippen LogP contribution in [-0.4, -0.2) is 36.3 Å². The third-order valence-corrected chi connectivity index (χ3v) is 6.19. The van der Waals surface area contributed by atoms with Crippen molar-refractivity contribution >= 4 is 28.8 Å². The van der Waals surface area contributed by atoms with Crippen LogP contribution in [0.2, 0.25) is 0 Å². The van der Waals surface area contributed by atoms with Gasteiger partial charge in [-0.1, -0.05) is 18.2 Å². The van der Waals surface area contributed by atoms with Crippen LogP contribution >= 0.6 is 11.3 Å². The zero-order valence-corrected chi connectivity index (χ0v) is 15.0. The highest BCUT2D eigenvalue weighted by Crippen LogP contribution is 2.47. The quantitative estimate of drug-likeness (QED) is 0.913. The summed E-state index contributed by atoms with van der Waals surface area (Å²) in [5.41, 5.74) is 6.69. The first kappa shape index (κ1) is 16.3. The lowest BCUT2D eigenvalue weighted by molar-refractivity contribution is -0.125. The van der Waals surface area contributed by atoms with Crippen LogP contribution in [0.15, 0.2) is 36.4 Å². The molecule has 5 nitrogen and oxygen atoms in total. The smallest absolute Gasteiger partial charge is 0.239 e. The van der Waals surface area contributed by atoms with Crippen molar-refractivity contribution in [2.75, 3.05) is 24.5 Å². The van der Waals surface area contributed by atoms with Crippen LogP contribution in [0.25, 0.3) is 0 Å². The molecule has 1 fully saturated rings. The van der Waals surface area contributed by atoms with Gasteiger partial charge in [0.2, 0.25) is 11.8 Å². The number of nitrogens with zero attached hydrogens (tertiary/aromatic N) is 2. The summed E-state index contributed by atoms with van der Waals surface area (Å²) in [6, 6.07) is 12.1. The van der Waals surface area contributed by atoms with E-state index < -0.39 is 11.3 Å². The SMILES string of the molecule is Cc1ccc(CN2CC[C@]3(C2)C(=O)N(CC(N)=O)c2ccccc23)s1. The van der Waals surface area contributed by atoms with Crippen molar-refractivity contribution in [3.8, 4) is 0 Å².